The van der Waals surface area contributed by atoms with E-state index in [9.17, 15) is 0 Å². The predicted molar refractivity (Wildman–Crippen MR) is 94.6 cm³/mol. The zero-order valence-corrected chi connectivity index (χ0v) is 14.4. The summed E-state index contributed by atoms with van der Waals surface area (Å²) in [6.45, 7) is 4.42. The Bertz CT molecular complexity index is 477. The van der Waals surface area contributed by atoms with E-state index in [0.29, 0.717) is 0 Å². The highest BCUT2D eigenvalue weighted by molar-refractivity contribution is 7.80. The molecule has 0 saturated carbocycles. The lowest BCUT2D eigenvalue weighted by Crippen LogP contribution is -2.50. The summed E-state index contributed by atoms with van der Waals surface area (Å²) in [5.41, 5.74) is 4.45. The zero-order chi connectivity index (χ0) is 15.3. The Balaban J connectivity index is 2.03. The largest absolute Gasteiger partial charge is 0.342 e. The van der Waals surface area contributed by atoms with Crippen molar-refractivity contribution in [1.29, 1.82) is 0 Å². The predicted octanol–water partition coefficient (Wildman–Crippen LogP) is 4.62. The Morgan fingerprint density at radius 1 is 1.14 bits per heavy atom. The van der Waals surface area contributed by atoms with Gasteiger partial charge < -0.3 is 5.32 Å². The van der Waals surface area contributed by atoms with E-state index in [-0.39, 0.29) is 5.66 Å². The van der Waals surface area contributed by atoms with Crippen molar-refractivity contribution >= 4 is 34.6 Å². The molecule has 0 bridgehead atoms. The fourth-order valence-electron chi connectivity index (χ4n) is 2.64. The van der Waals surface area contributed by atoms with Gasteiger partial charge in [0, 0.05) is 5.02 Å². The van der Waals surface area contributed by atoms with Crippen molar-refractivity contribution in [3.8, 4) is 0 Å². The first-order valence-corrected chi connectivity index (χ1v) is 8.54. The zero-order valence-electron chi connectivity index (χ0n) is 12.8. The molecule has 0 spiro atoms. The normalized spacial score (nSPS) is 21.7. The van der Waals surface area contributed by atoms with Crippen LogP contribution in [0.5, 0.6) is 0 Å². The molecule has 1 aromatic rings. The maximum absolute atomic E-state index is 5.95. The van der Waals surface area contributed by atoms with E-state index >= 15 is 0 Å². The summed E-state index contributed by atoms with van der Waals surface area (Å²) in [6.07, 6.45) is 7.10. The molecule has 0 radical (unpaired) electrons. The fourth-order valence-corrected chi connectivity index (χ4v) is 3.11. The molecule has 0 aromatic heterocycles. The van der Waals surface area contributed by atoms with Gasteiger partial charge in [0.2, 0.25) is 0 Å². The summed E-state index contributed by atoms with van der Waals surface area (Å²) < 4.78 is 0. The van der Waals surface area contributed by atoms with E-state index in [4.69, 9.17) is 23.8 Å². The number of nitrogens with one attached hydrogen (secondary N) is 2. The summed E-state index contributed by atoms with van der Waals surface area (Å²) in [5, 5.41) is 6.89. The molecule has 1 fully saturated rings. The van der Waals surface area contributed by atoms with Crippen molar-refractivity contribution in [2.75, 3.05) is 5.01 Å². The van der Waals surface area contributed by atoms with E-state index in [1.807, 2.05) is 29.3 Å². The highest BCUT2D eigenvalue weighted by Crippen LogP contribution is 2.26. The molecule has 0 unspecified atom stereocenters. The molecule has 1 heterocycles. The summed E-state index contributed by atoms with van der Waals surface area (Å²) in [6, 6.07) is 7.72. The standard InChI is InChI=1S/C16H24ClN3S/c1-3-5-6-7-12-16(4-2)18-15(21)20(19-16)14-10-8-13(17)9-11-14/h8-11,19H,3-7,12H2,1-2H3,(H,18,21)/t16-/m0/s1. The van der Waals surface area contributed by atoms with Crippen LogP contribution >= 0.6 is 23.8 Å². The Morgan fingerprint density at radius 2 is 1.86 bits per heavy atom. The van der Waals surface area contributed by atoms with Gasteiger partial charge >= 0.3 is 0 Å². The van der Waals surface area contributed by atoms with Crippen molar-refractivity contribution in [2.45, 2.75) is 58.0 Å². The van der Waals surface area contributed by atoms with Crippen LogP contribution in [0.3, 0.4) is 0 Å². The van der Waals surface area contributed by atoms with E-state index in [1.165, 1.54) is 25.7 Å². The Morgan fingerprint density at radius 3 is 2.48 bits per heavy atom. The number of unbranched alkanes of at least 4 members (excludes halogenated alkanes) is 3. The first kappa shape index (κ1) is 16.5. The third-order valence-corrected chi connectivity index (χ3v) is 4.56. The number of anilines is 1. The van der Waals surface area contributed by atoms with Crippen LogP contribution in [-0.4, -0.2) is 10.8 Å². The van der Waals surface area contributed by atoms with Gasteiger partial charge in [0.05, 0.1) is 5.69 Å². The Hall–Kier alpha value is -0.840. The van der Waals surface area contributed by atoms with E-state index in [2.05, 4.69) is 24.6 Å². The molecule has 1 aliphatic rings. The SMILES string of the molecule is CCCCCC[C@@]1(CC)NC(=S)N(c2ccc(Cl)cc2)N1. The molecule has 3 nitrogen and oxygen atoms in total. The van der Waals surface area contributed by atoms with E-state index < -0.39 is 0 Å². The number of hydrogen-bond donors (Lipinski definition) is 2. The minimum Gasteiger partial charge on any atom is -0.342 e. The van der Waals surface area contributed by atoms with Gasteiger partial charge in [-0.2, -0.15) is 0 Å². The lowest BCUT2D eigenvalue weighted by molar-refractivity contribution is 0.291. The highest BCUT2D eigenvalue weighted by atomic mass is 35.5. The molecular formula is C16H24ClN3S. The molecule has 1 aliphatic heterocycles. The van der Waals surface area contributed by atoms with Crippen LogP contribution in [0.1, 0.15) is 52.4 Å². The van der Waals surface area contributed by atoms with Gasteiger partial charge in [0.15, 0.2) is 5.11 Å². The molecular weight excluding hydrogens is 302 g/mol. The molecule has 1 saturated heterocycles. The first-order valence-electron chi connectivity index (χ1n) is 7.76. The first-order chi connectivity index (χ1) is 10.1. The molecule has 21 heavy (non-hydrogen) atoms. The van der Waals surface area contributed by atoms with E-state index in [1.54, 1.807) is 0 Å². The van der Waals surface area contributed by atoms with Gasteiger partial charge in [0.1, 0.15) is 5.66 Å². The topological polar surface area (TPSA) is 27.3 Å². The van der Waals surface area contributed by atoms with Crippen molar-refractivity contribution in [3.63, 3.8) is 0 Å². The molecule has 0 amide bonds. The molecule has 1 aromatic carbocycles. The highest BCUT2D eigenvalue weighted by Gasteiger charge is 2.38. The van der Waals surface area contributed by atoms with Gasteiger partial charge in [-0.15, -0.1) is 0 Å². The van der Waals surface area contributed by atoms with Crippen molar-refractivity contribution < 1.29 is 0 Å². The monoisotopic (exact) mass is 325 g/mol. The third kappa shape index (κ3) is 4.09. The van der Waals surface area contributed by atoms with Gasteiger partial charge in [-0.05, 0) is 55.7 Å². The number of hydrazine groups is 1. The number of hydrogen-bond acceptors (Lipinski definition) is 2. The van der Waals surface area contributed by atoms with Gasteiger partial charge in [-0.25, -0.2) is 5.43 Å². The number of nitrogens with zero attached hydrogens (tertiary/aromatic N) is 1. The lowest BCUT2D eigenvalue weighted by Gasteiger charge is -2.28. The maximum atomic E-state index is 5.95. The average molecular weight is 326 g/mol. The Labute approximate surface area is 138 Å². The summed E-state index contributed by atoms with van der Waals surface area (Å²) in [5.74, 6) is 0. The van der Waals surface area contributed by atoms with Crippen LogP contribution in [0.2, 0.25) is 5.02 Å². The number of thiocarbonyl (C=S) groups is 1. The minimum absolute atomic E-state index is 0.121. The second-order valence-electron chi connectivity index (χ2n) is 5.60. The smallest absolute Gasteiger partial charge is 0.189 e. The van der Waals surface area contributed by atoms with E-state index in [0.717, 1.165) is 28.7 Å². The summed E-state index contributed by atoms with van der Waals surface area (Å²) in [7, 11) is 0. The molecule has 1 atom stereocenters. The van der Waals surface area contributed by atoms with Crippen LogP contribution < -0.4 is 15.8 Å². The quantitative estimate of drug-likeness (QED) is 0.565. The van der Waals surface area contributed by atoms with Crippen LogP contribution in [0.25, 0.3) is 0 Å². The molecule has 2 N–H and O–H groups in total. The Kier molecular flexibility index (Phi) is 5.85. The third-order valence-electron chi connectivity index (χ3n) is 4.02. The second kappa shape index (κ2) is 7.43. The number of rotatable bonds is 7. The summed E-state index contributed by atoms with van der Waals surface area (Å²) >= 11 is 11.4. The van der Waals surface area contributed by atoms with Gasteiger partial charge in [0.25, 0.3) is 0 Å². The molecule has 5 heteroatoms. The minimum atomic E-state index is -0.121. The van der Waals surface area contributed by atoms with Crippen LogP contribution in [0, 0.1) is 0 Å². The fraction of sp³-hybridized carbons (Fsp3) is 0.562. The second-order valence-corrected chi connectivity index (χ2v) is 6.42. The number of halogens is 1. The van der Waals surface area contributed by atoms with Crippen molar-refractivity contribution in [3.05, 3.63) is 29.3 Å². The molecule has 116 valence electrons. The number of benzene rings is 1. The van der Waals surface area contributed by atoms with Crippen molar-refractivity contribution in [1.82, 2.24) is 10.7 Å². The lowest BCUT2D eigenvalue weighted by atomic mass is 9.99. The van der Waals surface area contributed by atoms with Gasteiger partial charge in [-0.3, -0.25) is 5.01 Å². The maximum Gasteiger partial charge on any atom is 0.189 e. The molecule has 2 rings (SSSR count). The van der Waals surface area contributed by atoms with Gasteiger partial charge in [-0.1, -0.05) is 44.7 Å². The van der Waals surface area contributed by atoms with Crippen LogP contribution in [0.15, 0.2) is 24.3 Å². The van der Waals surface area contributed by atoms with Crippen molar-refractivity contribution in [2.24, 2.45) is 0 Å². The van der Waals surface area contributed by atoms with Crippen LogP contribution in [-0.2, 0) is 0 Å². The molecule has 0 aliphatic carbocycles. The summed E-state index contributed by atoms with van der Waals surface area (Å²) in [4.78, 5) is 0. The van der Waals surface area contributed by atoms with Crippen LogP contribution in [0.4, 0.5) is 5.69 Å². The average Bonchev–Trinajstić information content (AvgIpc) is 2.82.